The van der Waals surface area contributed by atoms with Crippen LogP contribution in [0, 0.1) is 11.8 Å². The van der Waals surface area contributed by atoms with Gasteiger partial charge in [-0.1, -0.05) is 36.3 Å². The molecular weight excluding hydrogens is 342 g/mol. The highest BCUT2D eigenvalue weighted by Gasteiger charge is 2.23. The molecule has 140 valence electrons. The zero-order valence-corrected chi connectivity index (χ0v) is 15.8. The van der Waals surface area contributed by atoms with Gasteiger partial charge in [-0.05, 0) is 43.7 Å². The molecule has 0 aliphatic carbocycles. The number of esters is 1. The summed E-state index contributed by atoms with van der Waals surface area (Å²) in [4.78, 5) is 26.1. The van der Waals surface area contributed by atoms with Crippen LogP contribution >= 0.6 is 0 Å². The summed E-state index contributed by atoms with van der Waals surface area (Å²) in [5.74, 6) is 5.29. The van der Waals surface area contributed by atoms with Crippen LogP contribution in [0.1, 0.15) is 31.0 Å². The van der Waals surface area contributed by atoms with Crippen molar-refractivity contribution in [1.82, 2.24) is 4.90 Å². The van der Waals surface area contributed by atoms with E-state index in [9.17, 15) is 9.59 Å². The van der Waals surface area contributed by atoms with Crippen LogP contribution in [0.25, 0.3) is 0 Å². The van der Waals surface area contributed by atoms with E-state index in [1.807, 2.05) is 61.5 Å². The molecule has 1 amide bonds. The van der Waals surface area contributed by atoms with Crippen LogP contribution in [-0.4, -0.2) is 37.0 Å². The van der Waals surface area contributed by atoms with Crippen LogP contribution in [0.3, 0.4) is 0 Å². The van der Waals surface area contributed by atoms with Crippen molar-refractivity contribution in [3.63, 3.8) is 0 Å². The van der Waals surface area contributed by atoms with E-state index in [4.69, 9.17) is 9.47 Å². The summed E-state index contributed by atoms with van der Waals surface area (Å²) in [5.41, 5.74) is 1.61. The van der Waals surface area contributed by atoms with Crippen molar-refractivity contribution >= 4 is 11.9 Å². The fourth-order valence-electron chi connectivity index (χ4n) is 2.51. The van der Waals surface area contributed by atoms with Crippen LogP contribution in [0.4, 0.5) is 0 Å². The predicted molar refractivity (Wildman–Crippen MR) is 103 cm³/mol. The number of benzene rings is 2. The van der Waals surface area contributed by atoms with E-state index in [0.29, 0.717) is 0 Å². The van der Waals surface area contributed by atoms with Crippen molar-refractivity contribution in [2.75, 3.05) is 20.3 Å². The van der Waals surface area contributed by atoms with Gasteiger partial charge >= 0.3 is 5.97 Å². The zero-order valence-electron chi connectivity index (χ0n) is 15.8. The first-order valence-electron chi connectivity index (χ1n) is 8.72. The van der Waals surface area contributed by atoms with E-state index in [2.05, 4.69) is 11.8 Å². The first-order valence-corrected chi connectivity index (χ1v) is 8.72. The summed E-state index contributed by atoms with van der Waals surface area (Å²) in [6.45, 7) is 3.67. The lowest BCUT2D eigenvalue weighted by molar-refractivity contribution is -0.148. The van der Waals surface area contributed by atoms with E-state index >= 15 is 0 Å². The Bertz CT molecular complexity index is 819. The third kappa shape index (κ3) is 5.89. The number of rotatable bonds is 6. The van der Waals surface area contributed by atoms with Crippen molar-refractivity contribution < 1.29 is 19.1 Å². The average molecular weight is 365 g/mol. The minimum absolute atomic E-state index is 0.163. The number of hydrogen-bond acceptors (Lipinski definition) is 4. The summed E-state index contributed by atoms with van der Waals surface area (Å²) in [6, 6.07) is 16.2. The second-order valence-corrected chi connectivity index (χ2v) is 5.80. The molecule has 0 saturated carbocycles. The Morgan fingerprint density at radius 1 is 1.07 bits per heavy atom. The lowest BCUT2D eigenvalue weighted by Gasteiger charge is -2.27. The third-order valence-corrected chi connectivity index (χ3v) is 4.02. The average Bonchev–Trinajstić information content (AvgIpc) is 2.71. The van der Waals surface area contributed by atoms with Crippen LogP contribution in [0.15, 0.2) is 54.6 Å². The minimum atomic E-state index is -0.465. The number of carbonyl (C=O) groups excluding carboxylic acids is 2. The summed E-state index contributed by atoms with van der Waals surface area (Å²) in [6.07, 6.45) is 0. The highest BCUT2D eigenvalue weighted by Crippen LogP contribution is 2.23. The maximum absolute atomic E-state index is 12.7. The van der Waals surface area contributed by atoms with Crippen molar-refractivity contribution in [3.8, 4) is 17.6 Å². The van der Waals surface area contributed by atoms with Gasteiger partial charge in [-0.15, -0.1) is 0 Å². The molecule has 2 rings (SSSR count). The number of ether oxygens (including phenoxy) is 2. The Morgan fingerprint density at radius 3 is 2.33 bits per heavy atom. The molecule has 0 radical (unpaired) electrons. The van der Waals surface area contributed by atoms with Gasteiger partial charge < -0.3 is 14.4 Å². The highest BCUT2D eigenvalue weighted by molar-refractivity contribution is 5.96. The van der Waals surface area contributed by atoms with Crippen LogP contribution in [0.2, 0.25) is 0 Å². The highest BCUT2D eigenvalue weighted by atomic mass is 16.5. The molecule has 0 aliphatic heterocycles. The quantitative estimate of drug-likeness (QED) is 0.583. The Morgan fingerprint density at radius 2 is 1.74 bits per heavy atom. The smallest absolute Gasteiger partial charge is 0.325 e. The standard InChI is InChI=1S/C22H23NO4/c1-4-27-22(25)16-23(17(2)19-11-13-20(26-3)14-12-19)21(24)15-10-18-8-6-5-7-9-18/h5-9,11-14,17H,4,16H2,1-3H3/t17-/m1/s1. The largest absolute Gasteiger partial charge is 0.497 e. The van der Waals surface area contributed by atoms with E-state index in [1.165, 1.54) is 4.90 Å². The Balaban J connectivity index is 2.24. The van der Waals surface area contributed by atoms with Gasteiger partial charge in [-0.3, -0.25) is 9.59 Å². The number of nitrogens with zero attached hydrogens (tertiary/aromatic N) is 1. The lowest BCUT2D eigenvalue weighted by Crippen LogP contribution is -2.37. The van der Waals surface area contributed by atoms with Gasteiger partial charge in [0.2, 0.25) is 0 Å². The maximum Gasteiger partial charge on any atom is 0.325 e. The van der Waals surface area contributed by atoms with Crippen LogP contribution < -0.4 is 4.74 Å². The molecule has 0 saturated heterocycles. The van der Waals surface area contributed by atoms with Gasteiger partial charge in [0.25, 0.3) is 5.91 Å². The van der Waals surface area contributed by atoms with E-state index < -0.39 is 11.9 Å². The summed E-state index contributed by atoms with van der Waals surface area (Å²) >= 11 is 0. The van der Waals surface area contributed by atoms with E-state index in [-0.39, 0.29) is 19.2 Å². The molecule has 2 aromatic carbocycles. The first-order chi connectivity index (χ1) is 13.0. The second-order valence-electron chi connectivity index (χ2n) is 5.80. The normalized spacial score (nSPS) is 10.9. The van der Waals surface area contributed by atoms with Gasteiger partial charge in [0.05, 0.1) is 19.8 Å². The summed E-state index contributed by atoms with van der Waals surface area (Å²) in [7, 11) is 1.59. The van der Waals surface area contributed by atoms with Gasteiger partial charge in [0, 0.05) is 11.5 Å². The Kier molecular flexibility index (Phi) is 7.45. The van der Waals surface area contributed by atoms with Gasteiger partial charge in [0.1, 0.15) is 12.3 Å². The molecule has 0 spiro atoms. The molecule has 1 atom stereocenters. The summed E-state index contributed by atoms with van der Waals surface area (Å²) in [5, 5.41) is 0. The van der Waals surface area contributed by atoms with Crippen molar-refractivity contribution in [2.24, 2.45) is 0 Å². The van der Waals surface area contributed by atoms with E-state index in [0.717, 1.165) is 16.9 Å². The van der Waals surface area contributed by atoms with Crippen molar-refractivity contribution in [2.45, 2.75) is 19.9 Å². The molecule has 5 heteroatoms. The number of carbonyl (C=O) groups is 2. The molecule has 0 bridgehead atoms. The van der Waals surface area contributed by atoms with Gasteiger partial charge in [0.15, 0.2) is 0 Å². The number of amides is 1. The van der Waals surface area contributed by atoms with Gasteiger partial charge in [-0.2, -0.15) is 0 Å². The Labute approximate surface area is 159 Å². The lowest BCUT2D eigenvalue weighted by atomic mass is 10.1. The topological polar surface area (TPSA) is 55.8 Å². The molecule has 0 fully saturated rings. The van der Waals surface area contributed by atoms with Crippen LogP contribution in [-0.2, 0) is 14.3 Å². The zero-order chi connectivity index (χ0) is 19.6. The molecule has 0 unspecified atom stereocenters. The monoisotopic (exact) mass is 365 g/mol. The van der Waals surface area contributed by atoms with Gasteiger partial charge in [-0.25, -0.2) is 0 Å². The third-order valence-electron chi connectivity index (χ3n) is 4.02. The Hall–Kier alpha value is -3.26. The van der Waals surface area contributed by atoms with Crippen molar-refractivity contribution in [3.05, 3.63) is 65.7 Å². The second kappa shape index (κ2) is 10.0. The number of hydrogen-bond donors (Lipinski definition) is 0. The molecule has 0 N–H and O–H groups in total. The minimum Gasteiger partial charge on any atom is -0.497 e. The first kappa shape index (κ1) is 20.1. The van der Waals surface area contributed by atoms with E-state index in [1.54, 1.807) is 14.0 Å². The molecule has 0 aliphatic rings. The van der Waals surface area contributed by atoms with Crippen molar-refractivity contribution in [1.29, 1.82) is 0 Å². The number of methoxy groups -OCH3 is 1. The predicted octanol–water partition coefficient (Wildman–Crippen LogP) is 3.20. The fourth-order valence-corrected chi connectivity index (χ4v) is 2.51. The fraction of sp³-hybridized carbons (Fsp3) is 0.273. The molecule has 0 heterocycles. The van der Waals surface area contributed by atoms with Crippen LogP contribution in [0.5, 0.6) is 5.75 Å². The maximum atomic E-state index is 12.7. The molecule has 2 aromatic rings. The SMILES string of the molecule is CCOC(=O)CN(C(=O)C#Cc1ccccc1)[C@H](C)c1ccc(OC)cc1. The summed E-state index contributed by atoms with van der Waals surface area (Å²) < 4.78 is 10.2. The molecular formula is C22H23NO4. The molecule has 0 aromatic heterocycles. The molecule has 5 nitrogen and oxygen atoms in total. The molecule has 27 heavy (non-hydrogen) atoms.